The molecule has 0 aromatic rings. The molecule has 0 saturated carbocycles. The molecule has 1 saturated heterocycles. The Balaban J connectivity index is 0.0000109. The number of carbonyl (C=O) groups is 3. The summed E-state index contributed by atoms with van der Waals surface area (Å²) in [6, 6.07) is 0. The van der Waals surface area contributed by atoms with Gasteiger partial charge in [0.15, 0.2) is 24.6 Å². The van der Waals surface area contributed by atoms with Crippen LogP contribution in [-0.4, -0.2) is 87.4 Å². The highest BCUT2D eigenvalue weighted by Crippen LogP contribution is 2.26. The maximum Gasteiger partial charge on any atom is 0.306 e. The SMILES string of the molecule is C#CC[N+](C)(C)CCOC1OC[C@H](OC(=O)CCC)[C@H](OC(=O)CCC)[C@H]1OC(=O)CCC.[I-]. The topological polar surface area (TPSA) is 97.4 Å². The Labute approximate surface area is 220 Å². The molecule has 196 valence electrons. The van der Waals surface area contributed by atoms with Gasteiger partial charge in [0.2, 0.25) is 0 Å². The number of esters is 3. The lowest BCUT2D eigenvalue weighted by Crippen LogP contribution is -3.00. The van der Waals surface area contributed by atoms with Crippen molar-refractivity contribution in [3.05, 3.63) is 0 Å². The molecule has 1 fully saturated rings. The van der Waals surface area contributed by atoms with Gasteiger partial charge in [-0.1, -0.05) is 20.8 Å². The second-order valence-electron chi connectivity index (χ2n) is 8.78. The smallest absolute Gasteiger partial charge is 0.306 e. The van der Waals surface area contributed by atoms with Crippen molar-refractivity contribution < 1.29 is 66.5 Å². The lowest BCUT2D eigenvalue weighted by atomic mass is 10.0. The summed E-state index contributed by atoms with van der Waals surface area (Å²) in [4.78, 5) is 36.8. The van der Waals surface area contributed by atoms with E-state index < -0.39 is 42.5 Å². The number of hydrogen-bond acceptors (Lipinski definition) is 8. The molecule has 0 aromatic heterocycles. The second kappa shape index (κ2) is 17.1. The van der Waals surface area contributed by atoms with E-state index in [9.17, 15) is 14.4 Å². The van der Waals surface area contributed by atoms with E-state index in [1.807, 2.05) is 34.9 Å². The van der Waals surface area contributed by atoms with Crippen molar-refractivity contribution in [2.24, 2.45) is 0 Å². The first-order chi connectivity index (χ1) is 15.7. The number of terminal acetylenes is 1. The third-order valence-electron chi connectivity index (χ3n) is 5.06. The van der Waals surface area contributed by atoms with Crippen LogP contribution in [0, 0.1) is 12.3 Å². The largest absolute Gasteiger partial charge is 1.00 e. The summed E-state index contributed by atoms with van der Waals surface area (Å²) in [6.45, 7) is 6.91. The van der Waals surface area contributed by atoms with Crippen molar-refractivity contribution in [1.29, 1.82) is 0 Å². The average molecular weight is 597 g/mol. The number of halogens is 1. The fourth-order valence-electron chi connectivity index (χ4n) is 3.26. The summed E-state index contributed by atoms with van der Waals surface area (Å²) in [7, 11) is 3.95. The number of nitrogens with zero attached hydrogens (tertiary/aromatic N) is 1. The summed E-state index contributed by atoms with van der Waals surface area (Å²) in [6.07, 6.45) is 3.82. The van der Waals surface area contributed by atoms with E-state index in [1.54, 1.807) is 0 Å². The molecule has 1 aliphatic rings. The minimum absolute atomic E-state index is 0. The molecule has 9 nitrogen and oxygen atoms in total. The quantitative estimate of drug-likeness (QED) is 0.0846. The van der Waals surface area contributed by atoms with Crippen LogP contribution in [0.25, 0.3) is 0 Å². The van der Waals surface area contributed by atoms with E-state index in [0.717, 1.165) is 0 Å². The van der Waals surface area contributed by atoms with Crippen LogP contribution in [0.4, 0.5) is 0 Å². The van der Waals surface area contributed by atoms with Gasteiger partial charge in [0.25, 0.3) is 0 Å². The van der Waals surface area contributed by atoms with Crippen LogP contribution in [-0.2, 0) is 38.1 Å². The molecular formula is C24H40INO8. The van der Waals surface area contributed by atoms with Crippen molar-refractivity contribution in [1.82, 2.24) is 0 Å². The normalized spacial score (nSPS) is 22.1. The third-order valence-corrected chi connectivity index (χ3v) is 5.06. The maximum atomic E-state index is 12.4. The van der Waals surface area contributed by atoms with Crippen molar-refractivity contribution in [2.75, 3.05) is 40.4 Å². The first-order valence-electron chi connectivity index (χ1n) is 11.7. The first-order valence-corrected chi connectivity index (χ1v) is 11.7. The monoisotopic (exact) mass is 597 g/mol. The molecule has 1 heterocycles. The van der Waals surface area contributed by atoms with Crippen molar-refractivity contribution in [3.8, 4) is 12.3 Å². The molecule has 0 amide bonds. The zero-order valence-electron chi connectivity index (χ0n) is 21.0. The molecule has 1 aliphatic heterocycles. The van der Waals surface area contributed by atoms with Crippen LogP contribution in [0.1, 0.15) is 59.3 Å². The van der Waals surface area contributed by atoms with Gasteiger partial charge < -0.3 is 52.1 Å². The van der Waals surface area contributed by atoms with Gasteiger partial charge in [-0.15, -0.1) is 6.42 Å². The third kappa shape index (κ3) is 11.8. The highest BCUT2D eigenvalue weighted by molar-refractivity contribution is 5.71. The molecule has 4 atom stereocenters. The van der Waals surface area contributed by atoms with E-state index in [4.69, 9.17) is 30.1 Å². The predicted molar refractivity (Wildman–Crippen MR) is 121 cm³/mol. The van der Waals surface area contributed by atoms with Gasteiger partial charge in [0.1, 0.15) is 13.1 Å². The Morgan fingerprint density at radius 1 is 0.912 bits per heavy atom. The summed E-state index contributed by atoms with van der Waals surface area (Å²) < 4.78 is 29.1. The second-order valence-corrected chi connectivity index (χ2v) is 8.78. The van der Waals surface area contributed by atoms with Gasteiger partial charge in [-0.3, -0.25) is 14.4 Å². The van der Waals surface area contributed by atoms with Gasteiger partial charge in [-0.25, -0.2) is 0 Å². The summed E-state index contributed by atoms with van der Waals surface area (Å²) in [5, 5.41) is 0. The molecule has 10 heteroatoms. The minimum atomic E-state index is -1.07. The van der Waals surface area contributed by atoms with E-state index in [1.165, 1.54) is 0 Å². The van der Waals surface area contributed by atoms with E-state index in [-0.39, 0.29) is 56.5 Å². The van der Waals surface area contributed by atoms with Crippen molar-refractivity contribution in [2.45, 2.75) is 83.9 Å². The number of likely N-dealkylation sites (N-methyl/N-ethyl adjacent to an activating group) is 1. The summed E-state index contributed by atoms with van der Waals surface area (Å²) >= 11 is 0. The Bertz CT molecular complexity index is 678. The molecule has 1 unspecified atom stereocenters. The first kappa shape index (κ1) is 32.6. The van der Waals surface area contributed by atoms with E-state index in [2.05, 4.69) is 5.92 Å². The molecule has 0 aromatic carbocycles. The summed E-state index contributed by atoms with van der Waals surface area (Å²) in [5.74, 6) is 1.25. The molecule has 1 rings (SSSR count). The zero-order valence-corrected chi connectivity index (χ0v) is 23.2. The predicted octanol–water partition coefficient (Wildman–Crippen LogP) is -0.791. The number of ether oxygens (including phenoxy) is 5. The minimum Gasteiger partial charge on any atom is -1.00 e. The van der Waals surface area contributed by atoms with Crippen LogP contribution in [0.5, 0.6) is 0 Å². The van der Waals surface area contributed by atoms with Crippen LogP contribution < -0.4 is 24.0 Å². The Hall–Kier alpha value is -1.42. The molecule has 0 N–H and O–H groups in total. The van der Waals surface area contributed by atoms with Gasteiger partial charge >= 0.3 is 17.9 Å². The molecule has 34 heavy (non-hydrogen) atoms. The molecular weight excluding hydrogens is 557 g/mol. The summed E-state index contributed by atoms with van der Waals surface area (Å²) in [5.41, 5.74) is 0. The number of rotatable bonds is 14. The van der Waals surface area contributed by atoms with Crippen LogP contribution in [0.15, 0.2) is 0 Å². The molecule has 0 spiro atoms. The number of hydrogen-bond donors (Lipinski definition) is 0. The Morgan fingerprint density at radius 2 is 1.41 bits per heavy atom. The fraction of sp³-hybridized carbons (Fsp3) is 0.792. The number of quaternary nitrogens is 1. The molecule has 0 bridgehead atoms. The van der Waals surface area contributed by atoms with Gasteiger partial charge in [0.05, 0.1) is 27.3 Å². The lowest BCUT2D eigenvalue weighted by Gasteiger charge is -2.40. The maximum absolute atomic E-state index is 12.4. The highest BCUT2D eigenvalue weighted by atomic mass is 127. The molecule has 0 aliphatic carbocycles. The highest BCUT2D eigenvalue weighted by Gasteiger charge is 2.48. The van der Waals surface area contributed by atoms with Crippen LogP contribution >= 0.6 is 0 Å². The molecule has 0 radical (unpaired) electrons. The zero-order chi connectivity index (χ0) is 24.9. The van der Waals surface area contributed by atoms with Gasteiger partial charge in [0, 0.05) is 19.3 Å². The van der Waals surface area contributed by atoms with Crippen molar-refractivity contribution >= 4 is 17.9 Å². The van der Waals surface area contributed by atoms with E-state index >= 15 is 0 Å². The average Bonchev–Trinajstić information content (AvgIpc) is 2.72. The Morgan fingerprint density at radius 3 is 1.91 bits per heavy atom. The number of carbonyl (C=O) groups excluding carboxylic acids is 3. The van der Waals surface area contributed by atoms with Gasteiger partial charge in [-0.2, -0.15) is 0 Å². The van der Waals surface area contributed by atoms with E-state index in [0.29, 0.717) is 36.8 Å². The standard InChI is InChI=1S/C24H40NO8.HI/c1-7-11-19(26)31-18-17-30-24(29-16-15-25(5,6)14-10-4)23(33-21(28)13-9-3)22(18)32-20(27)12-8-2;/h4,18,22-24H,7-9,11-17H2,1-3,5-6H3;1H/q+1;/p-1/t18-,22-,23+,24?;/m0./s1. The Kier molecular flexibility index (Phi) is 16.4. The van der Waals surface area contributed by atoms with Crippen molar-refractivity contribution in [3.63, 3.8) is 0 Å². The lowest BCUT2D eigenvalue weighted by molar-refractivity contribution is -0.883. The fourth-order valence-corrected chi connectivity index (χ4v) is 3.26. The van der Waals surface area contributed by atoms with Gasteiger partial charge in [-0.05, 0) is 25.2 Å². The van der Waals surface area contributed by atoms with Crippen LogP contribution in [0.3, 0.4) is 0 Å². The van der Waals surface area contributed by atoms with Crippen LogP contribution in [0.2, 0.25) is 0 Å².